The van der Waals surface area contributed by atoms with Gasteiger partial charge >= 0.3 is 0 Å². The Balaban J connectivity index is 1.17. The van der Waals surface area contributed by atoms with Crippen LogP contribution in [-0.4, -0.2) is 0 Å². The van der Waals surface area contributed by atoms with Crippen LogP contribution in [0.2, 0.25) is 0 Å². The maximum atomic E-state index is 6.50. The van der Waals surface area contributed by atoms with E-state index in [1.54, 1.807) is 16.7 Å². The zero-order valence-corrected chi connectivity index (χ0v) is 30.0. The summed E-state index contributed by atoms with van der Waals surface area (Å²) in [5, 5.41) is 2.34. The first-order valence-corrected chi connectivity index (χ1v) is 19.4. The van der Waals surface area contributed by atoms with E-state index in [4.69, 9.17) is 4.42 Å². The highest BCUT2D eigenvalue weighted by atomic mass is 16.3. The second-order valence-electron chi connectivity index (χ2n) is 15.3. The Labute approximate surface area is 307 Å². The normalized spacial score (nSPS) is 24.4. The van der Waals surface area contributed by atoms with Gasteiger partial charge in [0, 0.05) is 34.0 Å². The van der Waals surface area contributed by atoms with E-state index in [1.807, 2.05) is 0 Å². The quantitative estimate of drug-likeness (QED) is 0.202. The van der Waals surface area contributed by atoms with Crippen LogP contribution in [0.5, 0.6) is 0 Å². The molecule has 0 amide bonds. The van der Waals surface area contributed by atoms with E-state index in [9.17, 15) is 0 Å². The van der Waals surface area contributed by atoms with Crippen LogP contribution in [0.25, 0.3) is 27.5 Å². The van der Waals surface area contributed by atoms with Gasteiger partial charge in [-0.05, 0) is 97.9 Å². The molecule has 3 unspecified atom stereocenters. The van der Waals surface area contributed by atoms with E-state index in [0.717, 1.165) is 61.5 Å². The molecule has 6 aliphatic carbocycles. The second kappa shape index (κ2) is 12.7. The molecular formula is C50H45NO. The number of nitrogens with zero attached hydrogens (tertiary/aromatic N) is 1. The number of hydrogen-bond donors (Lipinski definition) is 0. The van der Waals surface area contributed by atoms with Crippen molar-refractivity contribution in [3.63, 3.8) is 0 Å². The van der Waals surface area contributed by atoms with Crippen LogP contribution in [0.3, 0.4) is 0 Å². The molecule has 0 radical (unpaired) electrons. The number of anilines is 1. The third-order valence-electron chi connectivity index (χ3n) is 12.6. The van der Waals surface area contributed by atoms with E-state index >= 15 is 0 Å². The van der Waals surface area contributed by atoms with Crippen LogP contribution in [0, 0.1) is 17.8 Å². The maximum Gasteiger partial charge on any atom is 0.137 e. The molecule has 0 bridgehead atoms. The predicted molar refractivity (Wildman–Crippen MR) is 218 cm³/mol. The molecule has 256 valence electrons. The molecule has 0 saturated heterocycles. The van der Waals surface area contributed by atoms with E-state index in [0.29, 0.717) is 17.8 Å². The lowest BCUT2D eigenvalue weighted by Gasteiger charge is -2.45. The van der Waals surface area contributed by atoms with Gasteiger partial charge in [0.2, 0.25) is 0 Å². The van der Waals surface area contributed by atoms with Gasteiger partial charge in [-0.25, -0.2) is 0 Å². The molecule has 3 atom stereocenters. The minimum absolute atomic E-state index is 0.173. The van der Waals surface area contributed by atoms with Gasteiger partial charge in [-0.15, -0.1) is 0 Å². The van der Waals surface area contributed by atoms with Crippen LogP contribution < -0.4 is 4.90 Å². The Hall–Kier alpha value is -5.34. The molecular weight excluding hydrogens is 631 g/mol. The monoisotopic (exact) mass is 675 g/mol. The fourth-order valence-electron chi connectivity index (χ4n) is 10.4. The van der Waals surface area contributed by atoms with Gasteiger partial charge < -0.3 is 9.32 Å². The number of rotatable bonds is 6. The van der Waals surface area contributed by atoms with E-state index < -0.39 is 0 Å². The van der Waals surface area contributed by atoms with Crippen molar-refractivity contribution in [2.45, 2.75) is 57.3 Å². The van der Waals surface area contributed by atoms with Crippen LogP contribution in [-0.2, 0) is 5.41 Å². The average Bonchev–Trinajstić information content (AvgIpc) is 3.73. The van der Waals surface area contributed by atoms with Gasteiger partial charge in [-0.2, -0.15) is 0 Å². The number of hydrogen-bond acceptors (Lipinski definition) is 2. The number of allylic oxidation sites excluding steroid dienone is 19. The Kier molecular flexibility index (Phi) is 7.67. The Morgan fingerprint density at radius 1 is 0.712 bits per heavy atom. The highest BCUT2D eigenvalue weighted by Gasteiger charge is 2.54. The lowest BCUT2D eigenvalue weighted by atomic mass is 9.59. The van der Waals surface area contributed by atoms with Gasteiger partial charge in [-0.3, -0.25) is 0 Å². The standard InChI is InChI=1S/C50H45NO/c1-34-32-38(28-30-40(34)35-16-5-2-6-17-35)51(46-25-15-27-48-49(46)43-23-12-14-26-47(43)52-48)39-29-31-42-41-22-11-13-24-44(41)50(45(42)33-39,36-18-7-3-8-19-36)37-20-9-4-10-21-37/h2-5,7,9,11-16,18,20,22-32,34,40,45H,6,8,10,17,19,21,33H2,1H3. The van der Waals surface area contributed by atoms with Crippen LogP contribution in [0.15, 0.2) is 184 Å². The minimum atomic E-state index is -0.173. The summed E-state index contributed by atoms with van der Waals surface area (Å²) in [6, 6.07) is 24.4. The summed E-state index contributed by atoms with van der Waals surface area (Å²) >= 11 is 0. The molecule has 1 heterocycles. The largest absolute Gasteiger partial charge is 0.456 e. The summed E-state index contributed by atoms with van der Waals surface area (Å²) in [7, 11) is 0. The van der Waals surface area contributed by atoms with Crippen molar-refractivity contribution in [3.05, 3.63) is 191 Å². The number of benzene rings is 3. The predicted octanol–water partition coefficient (Wildman–Crippen LogP) is 13.2. The topological polar surface area (TPSA) is 16.4 Å². The lowest BCUT2D eigenvalue weighted by Crippen LogP contribution is -2.39. The van der Waals surface area contributed by atoms with Gasteiger partial charge in [-0.1, -0.05) is 145 Å². The Bertz CT molecular complexity index is 2390. The SMILES string of the molecule is CC1C=C(N(C2=CC=C3c4ccccc4C(C4=CC=CCC4)(C4=CC=CCC4)C3C2)c2cccc3oc4ccccc4c23)C=CC1C1=CC=CCC1. The highest BCUT2D eigenvalue weighted by Crippen LogP contribution is 2.63. The molecule has 6 aliphatic rings. The summed E-state index contributed by atoms with van der Waals surface area (Å²) in [5.74, 6) is 1.09. The van der Waals surface area contributed by atoms with Gasteiger partial charge in [0.15, 0.2) is 0 Å². The van der Waals surface area contributed by atoms with Crippen molar-refractivity contribution in [1.29, 1.82) is 0 Å². The molecule has 0 N–H and O–H groups in total. The summed E-state index contributed by atoms with van der Waals surface area (Å²) in [4.78, 5) is 2.59. The molecule has 2 nitrogen and oxygen atoms in total. The Morgan fingerprint density at radius 2 is 1.44 bits per heavy atom. The Morgan fingerprint density at radius 3 is 2.19 bits per heavy atom. The van der Waals surface area contributed by atoms with E-state index in [2.05, 4.69) is 164 Å². The van der Waals surface area contributed by atoms with Crippen molar-refractivity contribution in [2.75, 3.05) is 4.90 Å². The summed E-state index contributed by atoms with van der Waals surface area (Å²) < 4.78 is 6.50. The van der Waals surface area contributed by atoms with Crippen molar-refractivity contribution in [2.24, 2.45) is 17.8 Å². The first-order chi connectivity index (χ1) is 25.7. The fraction of sp³-hybridized carbons (Fsp3) is 0.240. The molecule has 0 aliphatic heterocycles. The third-order valence-corrected chi connectivity index (χ3v) is 12.6. The van der Waals surface area contributed by atoms with Gasteiger partial charge in [0.25, 0.3) is 0 Å². The average molecular weight is 676 g/mol. The molecule has 3 aromatic carbocycles. The van der Waals surface area contributed by atoms with Crippen LogP contribution in [0.1, 0.15) is 63.0 Å². The second-order valence-corrected chi connectivity index (χ2v) is 15.3. The summed E-state index contributed by atoms with van der Waals surface area (Å²) in [6.07, 6.45) is 41.0. The molecule has 2 heteroatoms. The summed E-state index contributed by atoms with van der Waals surface area (Å²) in [5.41, 5.74) is 14.5. The molecule has 52 heavy (non-hydrogen) atoms. The van der Waals surface area contributed by atoms with Crippen molar-refractivity contribution < 1.29 is 4.42 Å². The maximum absolute atomic E-state index is 6.50. The first kappa shape index (κ1) is 31.4. The number of furan rings is 1. The van der Waals surface area contributed by atoms with E-state index in [-0.39, 0.29) is 5.41 Å². The van der Waals surface area contributed by atoms with Gasteiger partial charge in [0.1, 0.15) is 11.2 Å². The molecule has 0 saturated carbocycles. The first-order valence-electron chi connectivity index (χ1n) is 19.4. The fourth-order valence-corrected chi connectivity index (χ4v) is 10.4. The summed E-state index contributed by atoms with van der Waals surface area (Å²) in [6.45, 7) is 2.40. The van der Waals surface area contributed by atoms with Crippen molar-refractivity contribution in [1.82, 2.24) is 0 Å². The molecule has 0 spiro atoms. The molecule has 4 aromatic rings. The highest BCUT2D eigenvalue weighted by molar-refractivity contribution is 6.12. The molecule has 1 aromatic heterocycles. The molecule has 10 rings (SSSR count). The number of para-hydroxylation sites is 1. The van der Waals surface area contributed by atoms with Crippen molar-refractivity contribution in [3.8, 4) is 0 Å². The van der Waals surface area contributed by atoms with E-state index in [1.165, 1.54) is 39.2 Å². The number of fused-ring (bicyclic) bond motifs is 6. The van der Waals surface area contributed by atoms with Gasteiger partial charge in [0.05, 0.1) is 11.1 Å². The smallest absolute Gasteiger partial charge is 0.137 e. The van der Waals surface area contributed by atoms with Crippen molar-refractivity contribution >= 4 is 33.2 Å². The third kappa shape index (κ3) is 4.84. The zero-order chi connectivity index (χ0) is 34.6. The zero-order valence-electron chi connectivity index (χ0n) is 30.0. The van der Waals surface area contributed by atoms with Crippen LogP contribution >= 0.6 is 0 Å². The minimum Gasteiger partial charge on any atom is -0.456 e. The lowest BCUT2D eigenvalue weighted by molar-refractivity contribution is 0.428. The molecule has 0 fully saturated rings. The van der Waals surface area contributed by atoms with Crippen LogP contribution in [0.4, 0.5) is 5.69 Å².